The molecule has 104 valence electrons. The zero-order valence-electron chi connectivity index (χ0n) is 11.3. The van der Waals surface area contributed by atoms with E-state index in [4.69, 9.17) is 10.5 Å². The van der Waals surface area contributed by atoms with Crippen molar-refractivity contribution in [3.63, 3.8) is 0 Å². The fourth-order valence-electron chi connectivity index (χ4n) is 2.07. The van der Waals surface area contributed by atoms with Gasteiger partial charge in [0.25, 0.3) is 0 Å². The lowest BCUT2D eigenvalue weighted by molar-refractivity contribution is -0.113. The summed E-state index contributed by atoms with van der Waals surface area (Å²) < 4.78 is 5.48. The van der Waals surface area contributed by atoms with E-state index in [0.29, 0.717) is 16.7 Å². The molecule has 0 aliphatic carbocycles. The van der Waals surface area contributed by atoms with Gasteiger partial charge in [-0.2, -0.15) is 0 Å². The summed E-state index contributed by atoms with van der Waals surface area (Å²) in [6.07, 6.45) is 1.27. The second kappa shape index (κ2) is 6.30. The second-order valence-corrected chi connectivity index (χ2v) is 6.06. The van der Waals surface area contributed by atoms with E-state index in [1.54, 1.807) is 17.8 Å². The van der Waals surface area contributed by atoms with Crippen LogP contribution in [0.1, 0.15) is 18.9 Å². The van der Waals surface area contributed by atoms with E-state index >= 15 is 0 Å². The number of carbonyl (C=O) groups is 1. The maximum atomic E-state index is 11.9. The third-order valence-electron chi connectivity index (χ3n) is 3.27. The second-order valence-electron chi connectivity index (χ2n) is 4.84. The molecule has 1 saturated heterocycles. The van der Waals surface area contributed by atoms with Crippen LogP contribution < -0.4 is 11.1 Å². The molecular formula is C14H20N2O2S. The van der Waals surface area contributed by atoms with E-state index in [0.717, 1.165) is 24.3 Å². The van der Waals surface area contributed by atoms with Crippen LogP contribution in [0.5, 0.6) is 0 Å². The van der Waals surface area contributed by atoms with Crippen LogP contribution in [0.4, 0.5) is 11.4 Å². The van der Waals surface area contributed by atoms with Gasteiger partial charge in [-0.25, -0.2) is 0 Å². The Balaban J connectivity index is 1.85. The molecule has 2 rings (SSSR count). The van der Waals surface area contributed by atoms with Gasteiger partial charge in [0, 0.05) is 23.2 Å². The van der Waals surface area contributed by atoms with E-state index in [1.807, 2.05) is 19.1 Å². The third kappa shape index (κ3) is 3.88. The van der Waals surface area contributed by atoms with Gasteiger partial charge < -0.3 is 15.8 Å². The van der Waals surface area contributed by atoms with Gasteiger partial charge in [0.2, 0.25) is 5.91 Å². The standard InChI is InChI=1S/C14H20N2O2S/c1-9-3-4-11(15)7-12(9)16-14(17)8-19-13-5-6-18-10(13)2/h3-4,7,10,13H,5-6,8,15H2,1-2H3,(H,16,17). The molecule has 1 aliphatic rings. The van der Waals surface area contributed by atoms with Gasteiger partial charge in [-0.15, -0.1) is 11.8 Å². The van der Waals surface area contributed by atoms with Crippen molar-refractivity contribution in [1.29, 1.82) is 0 Å². The molecule has 0 bridgehead atoms. The molecule has 1 aromatic rings. The highest BCUT2D eigenvalue weighted by Gasteiger charge is 2.25. The van der Waals surface area contributed by atoms with Crippen LogP contribution in [0.25, 0.3) is 0 Å². The average molecular weight is 280 g/mol. The summed E-state index contributed by atoms with van der Waals surface area (Å²) in [4.78, 5) is 11.9. The van der Waals surface area contributed by atoms with Crippen molar-refractivity contribution in [1.82, 2.24) is 0 Å². The van der Waals surface area contributed by atoms with Crippen LogP contribution >= 0.6 is 11.8 Å². The van der Waals surface area contributed by atoms with Crippen molar-refractivity contribution < 1.29 is 9.53 Å². The first-order valence-corrected chi connectivity index (χ1v) is 7.50. The number of amides is 1. The SMILES string of the molecule is Cc1ccc(N)cc1NC(=O)CSC1CCOC1C. The number of nitrogens with one attached hydrogen (secondary N) is 1. The predicted molar refractivity (Wildman–Crippen MR) is 80.5 cm³/mol. The normalized spacial score (nSPS) is 22.4. The zero-order valence-corrected chi connectivity index (χ0v) is 12.1. The van der Waals surface area contributed by atoms with E-state index in [9.17, 15) is 4.79 Å². The minimum Gasteiger partial charge on any atom is -0.399 e. The molecule has 19 heavy (non-hydrogen) atoms. The molecule has 1 heterocycles. The Hall–Kier alpha value is -1.20. The van der Waals surface area contributed by atoms with Crippen molar-refractivity contribution >= 4 is 29.0 Å². The number of anilines is 2. The fraction of sp³-hybridized carbons (Fsp3) is 0.500. The number of hydrogen-bond donors (Lipinski definition) is 2. The average Bonchev–Trinajstić information content (AvgIpc) is 2.77. The Kier molecular flexibility index (Phi) is 4.71. The molecule has 4 nitrogen and oxygen atoms in total. The van der Waals surface area contributed by atoms with Crippen LogP contribution in [0.2, 0.25) is 0 Å². The minimum absolute atomic E-state index is 0.0119. The van der Waals surface area contributed by atoms with Crippen LogP contribution in [-0.4, -0.2) is 29.6 Å². The summed E-state index contributed by atoms with van der Waals surface area (Å²) in [5, 5.41) is 3.33. The molecule has 1 aliphatic heterocycles. The molecule has 1 fully saturated rings. The molecule has 0 saturated carbocycles. The van der Waals surface area contributed by atoms with Gasteiger partial charge in [0.15, 0.2) is 0 Å². The molecule has 0 aromatic heterocycles. The van der Waals surface area contributed by atoms with Crippen molar-refractivity contribution in [3.05, 3.63) is 23.8 Å². The van der Waals surface area contributed by atoms with E-state index < -0.39 is 0 Å². The molecule has 5 heteroatoms. The minimum atomic E-state index is 0.0119. The summed E-state index contributed by atoms with van der Waals surface area (Å²) in [7, 11) is 0. The Morgan fingerprint density at radius 3 is 3.05 bits per heavy atom. The number of benzene rings is 1. The number of nitrogen functional groups attached to an aromatic ring is 1. The van der Waals surface area contributed by atoms with Crippen molar-refractivity contribution in [2.75, 3.05) is 23.4 Å². The van der Waals surface area contributed by atoms with Gasteiger partial charge in [-0.1, -0.05) is 6.07 Å². The van der Waals surface area contributed by atoms with Gasteiger partial charge in [0.1, 0.15) is 0 Å². The number of ether oxygens (including phenoxy) is 1. The van der Waals surface area contributed by atoms with Gasteiger partial charge in [0.05, 0.1) is 11.9 Å². The summed E-state index contributed by atoms with van der Waals surface area (Å²) >= 11 is 1.66. The van der Waals surface area contributed by atoms with Gasteiger partial charge in [-0.3, -0.25) is 4.79 Å². The van der Waals surface area contributed by atoms with Crippen LogP contribution in [0.15, 0.2) is 18.2 Å². The highest BCUT2D eigenvalue weighted by Crippen LogP contribution is 2.26. The maximum absolute atomic E-state index is 11.9. The zero-order chi connectivity index (χ0) is 13.8. The number of carbonyl (C=O) groups excluding carboxylic acids is 1. The van der Waals surface area contributed by atoms with Gasteiger partial charge >= 0.3 is 0 Å². The first-order valence-electron chi connectivity index (χ1n) is 6.45. The summed E-state index contributed by atoms with van der Waals surface area (Å²) in [6, 6.07) is 5.53. The Morgan fingerprint density at radius 2 is 2.37 bits per heavy atom. The monoisotopic (exact) mass is 280 g/mol. The lowest BCUT2D eigenvalue weighted by atomic mass is 10.2. The van der Waals surface area contributed by atoms with Crippen molar-refractivity contribution in [2.24, 2.45) is 0 Å². The number of thioether (sulfide) groups is 1. The lowest BCUT2D eigenvalue weighted by Gasteiger charge is -2.14. The van der Waals surface area contributed by atoms with Crippen LogP contribution in [0.3, 0.4) is 0 Å². The van der Waals surface area contributed by atoms with E-state index in [2.05, 4.69) is 12.2 Å². The van der Waals surface area contributed by atoms with Crippen LogP contribution in [0, 0.1) is 6.92 Å². The Morgan fingerprint density at radius 1 is 1.58 bits per heavy atom. The van der Waals surface area contributed by atoms with Crippen LogP contribution in [-0.2, 0) is 9.53 Å². The molecular weight excluding hydrogens is 260 g/mol. The highest BCUT2D eigenvalue weighted by molar-refractivity contribution is 8.00. The fourth-order valence-corrected chi connectivity index (χ4v) is 3.12. The summed E-state index contributed by atoms with van der Waals surface area (Å²) in [6.45, 7) is 4.81. The molecule has 1 amide bonds. The molecule has 1 aromatic carbocycles. The van der Waals surface area contributed by atoms with E-state index in [-0.39, 0.29) is 12.0 Å². The maximum Gasteiger partial charge on any atom is 0.234 e. The van der Waals surface area contributed by atoms with Gasteiger partial charge in [-0.05, 0) is 38.0 Å². The number of rotatable bonds is 4. The lowest BCUT2D eigenvalue weighted by Crippen LogP contribution is -2.20. The molecule has 3 N–H and O–H groups in total. The third-order valence-corrected chi connectivity index (χ3v) is 4.75. The van der Waals surface area contributed by atoms with Crippen molar-refractivity contribution in [3.8, 4) is 0 Å². The molecule has 0 radical (unpaired) electrons. The predicted octanol–water partition coefficient (Wildman–Crippen LogP) is 2.43. The Bertz CT molecular complexity index is 465. The topological polar surface area (TPSA) is 64.3 Å². The first-order chi connectivity index (χ1) is 9.06. The number of aryl methyl sites for hydroxylation is 1. The number of nitrogens with two attached hydrogens (primary N) is 1. The smallest absolute Gasteiger partial charge is 0.234 e. The Labute approximate surface area is 118 Å². The highest BCUT2D eigenvalue weighted by atomic mass is 32.2. The largest absolute Gasteiger partial charge is 0.399 e. The summed E-state index contributed by atoms with van der Waals surface area (Å²) in [5.41, 5.74) is 8.19. The first kappa shape index (κ1) is 14.2. The number of hydrogen-bond acceptors (Lipinski definition) is 4. The van der Waals surface area contributed by atoms with Crippen molar-refractivity contribution in [2.45, 2.75) is 31.6 Å². The quantitative estimate of drug-likeness (QED) is 0.831. The molecule has 0 spiro atoms. The molecule has 2 unspecified atom stereocenters. The summed E-state index contributed by atoms with van der Waals surface area (Å²) in [5.74, 6) is 0.463. The molecule has 2 atom stereocenters. The van der Waals surface area contributed by atoms with E-state index in [1.165, 1.54) is 0 Å².